The Balaban J connectivity index is 1.91. The summed E-state index contributed by atoms with van der Waals surface area (Å²) in [5.41, 5.74) is 1.64. The van der Waals surface area contributed by atoms with E-state index in [4.69, 9.17) is 9.47 Å². The van der Waals surface area contributed by atoms with E-state index in [9.17, 15) is 4.79 Å². The van der Waals surface area contributed by atoms with Gasteiger partial charge in [-0.05, 0) is 18.2 Å². The predicted octanol–water partition coefficient (Wildman–Crippen LogP) is 3.29. The van der Waals surface area contributed by atoms with Gasteiger partial charge in [-0.1, -0.05) is 30.3 Å². The Bertz CT molecular complexity index is 684. The first-order valence-corrected chi connectivity index (χ1v) is 7.34. The zero-order valence-electron chi connectivity index (χ0n) is 12.8. The van der Waals surface area contributed by atoms with E-state index < -0.39 is 0 Å². The minimum absolute atomic E-state index is 0.0161. The normalized spacial score (nSPS) is 16.4. The second-order valence-corrected chi connectivity index (χ2v) is 5.31. The number of hydrogen-bond acceptors (Lipinski definition) is 3. The van der Waals surface area contributed by atoms with Crippen molar-refractivity contribution < 1.29 is 14.3 Å². The average molecular weight is 297 g/mol. The van der Waals surface area contributed by atoms with Crippen molar-refractivity contribution in [2.75, 3.05) is 20.8 Å². The number of carbonyl (C=O) groups is 1. The lowest BCUT2D eigenvalue weighted by Crippen LogP contribution is -2.34. The Morgan fingerprint density at radius 2 is 1.91 bits per heavy atom. The molecule has 1 aliphatic heterocycles. The number of nitrogens with zero attached hydrogens (tertiary/aromatic N) is 1. The maximum atomic E-state index is 12.8. The van der Waals surface area contributed by atoms with Gasteiger partial charge in [0.1, 0.15) is 11.5 Å². The van der Waals surface area contributed by atoms with E-state index in [1.807, 2.05) is 43.4 Å². The van der Waals surface area contributed by atoms with Gasteiger partial charge in [0, 0.05) is 19.0 Å². The molecule has 22 heavy (non-hydrogen) atoms. The summed E-state index contributed by atoms with van der Waals surface area (Å²) in [4.78, 5) is 14.6. The molecule has 0 saturated carbocycles. The summed E-state index contributed by atoms with van der Waals surface area (Å²) in [5, 5.41) is 0. The number of para-hydroxylation sites is 2. The highest BCUT2D eigenvalue weighted by Gasteiger charge is 2.29. The van der Waals surface area contributed by atoms with Crippen LogP contribution in [-0.2, 0) is 0 Å². The van der Waals surface area contributed by atoms with Crippen molar-refractivity contribution in [2.45, 2.75) is 12.5 Å². The van der Waals surface area contributed by atoms with E-state index in [2.05, 4.69) is 0 Å². The van der Waals surface area contributed by atoms with Gasteiger partial charge in [-0.15, -0.1) is 0 Å². The summed E-state index contributed by atoms with van der Waals surface area (Å²) < 4.78 is 11.0. The molecule has 1 aliphatic rings. The molecule has 1 unspecified atom stereocenters. The maximum Gasteiger partial charge on any atom is 0.257 e. The van der Waals surface area contributed by atoms with Crippen molar-refractivity contribution >= 4 is 5.91 Å². The highest BCUT2D eigenvalue weighted by Crippen LogP contribution is 2.36. The minimum Gasteiger partial charge on any atom is -0.496 e. The van der Waals surface area contributed by atoms with Crippen LogP contribution in [-0.4, -0.2) is 31.6 Å². The van der Waals surface area contributed by atoms with E-state index in [1.165, 1.54) is 0 Å². The van der Waals surface area contributed by atoms with Crippen LogP contribution in [0.3, 0.4) is 0 Å². The first-order chi connectivity index (χ1) is 10.7. The summed E-state index contributed by atoms with van der Waals surface area (Å²) >= 11 is 0. The van der Waals surface area contributed by atoms with E-state index in [1.54, 1.807) is 24.1 Å². The van der Waals surface area contributed by atoms with E-state index in [0.29, 0.717) is 17.9 Å². The van der Waals surface area contributed by atoms with Gasteiger partial charge in [0.25, 0.3) is 5.91 Å². The van der Waals surface area contributed by atoms with Crippen molar-refractivity contribution in [1.82, 2.24) is 4.90 Å². The van der Waals surface area contributed by atoms with E-state index in [0.717, 1.165) is 17.7 Å². The zero-order valence-corrected chi connectivity index (χ0v) is 12.8. The Morgan fingerprint density at radius 3 is 2.73 bits per heavy atom. The largest absolute Gasteiger partial charge is 0.496 e. The van der Waals surface area contributed by atoms with Crippen molar-refractivity contribution in [3.8, 4) is 11.5 Å². The second-order valence-electron chi connectivity index (χ2n) is 5.31. The third-order valence-electron chi connectivity index (χ3n) is 4.05. The van der Waals surface area contributed by atoms with Gasteiger partial charge in [-0.25, -0.2) is 0 Å². The van der Waals surface area contributed by atoms with Crippen LogP contribution in [0, 0.1) is 0 Å². The molecular formula is C18H19NO3. The smallest absolute Gasteiger partial charge is 0.257 e. The fourth-order valence-electron chi connectivity index (χ4n) is 2.88. The molecule has 0 bridgehead atoms. The molecule has 4 nitrogen and oxygen atoms in total. The summed E-state index contributed by atoms with van der Waals surface area (Å²) in [6.07, 6.45) is 0.786. The Hall–Kier alpha value is -2.49. The molecule has 0 spiro atoms. The highest BCUT2D eigenvalue weighted by atomic mass is 16.5. The molecule has 1 amide bonds. The number of hydrogen-bond donors (Lipinski definition) is 0. The number of ether oxygens (including phenoxy) is 2. The van der Waals surface area contributed by atoms with Crippen molar-refractivity contribution in [1.29, 1.82) is 0 Å². The fourth-order valence-corrected chi connectivity index (χ4v) is 2.88. The molecule has 0 aliphatic carbocycles. The van der Waals surface area contributed by atoms with Crippen molar-refractivity contribution in [3.63, 3.8) is 0 Å². The van der Waals surface area contributed by atoms with Crippen LogP contribution < -0.4 is 9.47 Å². The Kier molecular flexibility index (Phi) is 4.00. The lowest BCUT2D eigenvalue weighted by atomic mass is 9.98. The predicted molar refractivity (Wildman–Crippen MR) is 84.4 cm³/mol. The first kappa shape index (κ1) is 14.4. The second kappa shape index (κ2) is 6.10. The third-order valence-corrected chi connectivity index (χ3v) is 4.05. The number of fused-ring (bicyclic) bond motifs is 1. The molecule has 4 heteroatoms. The van der Waals surface area contributed by atoms with Crippen LogP contribution in [0.25, 0.3) is 0 Å². The molecule has 2 aromatic rings. The quantitative estimate of drug-likeness (QED) is 0.872. The molecule has 0 fully saturated rings. The van der Waals surface area contributed by atoms with Crippen LogP contribution in [0.5, 0.6) is 11.5 Å². The highest BCUT2D eigenvalue weighted by molar-refractivity contribution is 5.97. The molecule has 2 aromatic carbocycles. The molecule has 1 atom stereocenters. The number of amides is 1. The lowest BCUT2D eigenvalue weighted by molar-refractivity contribution is 0.0683. The molecule has 1 heterocycles. The topological polar surface area (TPSA) is 38.8 Å². The monoisotopic (exact) mass is 297 g/mol. The summed E-state index contributed by atoms with van der Waals surface area (Å²) in [6, 6.07) is 15.2. The van der Waals surface area contributed by atoms with Crippen LogP contribution in [0.1, 0.15) is 28.4 Å². The van der Waals surface area contributed by atoms with Gasteiger partial charge in [-0.2, -0.15) is 0 Å². The first-order valence-electron chi connectivity index (χ1n) is 7.34. The SMILES string of the molecule is COc1ccccc1C(=O)N(C)C1CCOc2ccccc21. The minimum atomic E-state index is -0.0425. The molecule has 114 valence electrons. The average Bonchev–Trinajstić information content (AvgIpc) is 2.60. The Morgan fingerprint density at radius 1 is 1.18 bits per heavy atom. The molecule has 0 saturated heterocycles. The van der Waals surface area contributed by atoms with Crippen molar-refractivity contribution in [2.24, 2.45) is 0 Å². The molecule has 0 radical (unpaired) electrons. The van der Waals surface area contributed by atoms with Gasteiger partial charge in [0.05, 0.1) is 25.3 Å². The number of methoxy groups -OCH3 is 1. The van der Waals surface area contributed by atoms with Crippen LogP contribution in [0.4, 0.5) is 0 Å². The van der Waals surface area contributed by atoms with Gasteiger partial charge >= 0.3 is 0 Å². The van der Waals surface area contributed by atoms with Gasteiger partial charge in [0.15, 0.2) is 0 Å². The van der Waals surface area contributed by atoms with Crippen LogP contribution in [0.2, 0.25) is 0 Å². The summed E-state index contributed by atoms with van der Waals surface area (Å²) in [5.74, 6) is 1.41. The fraction of sp³-hybridized carbons (Fsp3) is 0.278. The summed E-state index contributed by atoms with van der Waals surface area (Å²) in [7, 11) is 3.41. The Labute approximate surface area is 130 Å². The number of carbonyl (C=O) groups excluding carboxylic acids is 1. The lowest BCUT2D eigenvalue weighted by Gasteiger charge is -2.33. The molecular weight excluding hydrogens is 278 g/mol. The van der Waals surface area contributed by atoms with Gasteiger partial charge in [0.2, 0.25) is 0 Å². The maximum absolute atomic E-state index is 12.8. The number of rotatable bonds is 3. The van der Waals surface area contributed by atoms with Crippen molar-refractivity contribution in [3.05, 3.63) is 59.7 Å². The third kappa shape index (κ3) is 2.52. The van der Waals surface area contributed by atoms with E-state index in [-0.39, 0.29) is 11.9 Å². The van der Waals surface area contributed by atoms with Crippen LogP contribution >= 0.6 is 0 Å². The molecule has 0 aromatic heterocycles. The molecule has 3 rings (SSSR count). The standard InChI is InChI=1S/C18H19NO3/c1-19(18(20)14-8-4-5-9-16(14)21-2)15-11-12-22-17-10-6-3-7-13(15)17/h3-10,15H,11-12H2,1-2H3. The molecule has 0 N–H and O–H groups in total. The van der Waals surface area contributed by atoms with E-state index >= 15 is 0 Å². The zero-order chi connectivity index (χ0) is 15.5. The van der Waals surface area contributed by atoms with Crippen LogP contribution in [0.15, 0.2) is 48.5 Å². The van der Waals surface area contributed by atoms with Gasteiger partial charge in [-0.3, -0.25) is 4.79 Å². The van der Waals surface area contributed by atoms with Gasteiger partial charge < -0.3 is 14.4 Å². The number of benzene rings is 2. The summed E-state index contributed by atoms with van der Waals surface area (Å²) in [6.45, 7) is 0.616.